The number of β-lactam (4-membered cyclic amide) rings is 1. The predicted molar refractivity (Wildman–Crippen MR) is 195 cm³/mol. The summed E-state index contributed by atoms with van der Waals surface area (Å²) in [6.45, 7) is 11.8. The minimum Gasteiger partial charge on any atom is -0.503 e. The fourth-order valence-electron chi connectivity index (χ4n) is 4.08. The number of pyridine rings is 1. The molecule has 4 heterocycles. The van der Waals surface area contributed by atoms with E-state index in [1.165, 1.54) is 23.9 Å². The number of urea groups is 1. The van der Waals surface area contributed by atoms with E-state index >= 15 is 0 Å². The largest absolute Gasteiger partial charge is 0.503 e. The van der Waals surface area contributed by atoms with Gasteiger partial charge in [0.25, 0.3) is 17.7 Å². The van der Waals surface area contributed by atoms with Crippen molar-refractivity contribution in [3.8, 4) is 5.75 Å². The van der Waals surface area contributed by atoms with Crippen LogP contribution in [-0.4, -0.2) is 113 Å². The number of hydrogen-bond acceptors (Lipinski definition) is 18. The van der Waals surface area contributed by atoms with Gasteiger partial charge in [-0.1, -0.05) is 9.24 Å². The van der Waals surface area contributed by atoms with Crippen LogP contribution in [0.15, 0.2) is 38.7 Å². The molecule has 3 aromatic rings. The van der Waals surface area contributed by atoms with Gasteiger partial charge in [-0.2, -0.15) is 13.1 Å². The fourth-order valence-corrected chi connectivity index (χ4v) is 5.64. The molecule has 6 N–H and O–H groups in total. The highest BCUT2D eigenvalue weighted by Crippen LogP contribution is 2.22. The van der Waals surface area contributed by atoms with Gasteiger partial charge in [0, 0.05) is 17.6 Å². The molecule has 1 aliphatic rings. The molecule has 57 heavy (non-hydrogen) atoms. The first-order valence-electron chi connectivity index (χ1n) is 16.2. The van der Waals surface area contributed by atoms with Crippen molar-refractivity contribution < 1.29 is 56.6 Å². The van der Waals surface area contributed by atoms with Crippen LogP contribution in [0.1, 0.15) is 71.6 Å². The zero-order valence-corrected chi connectivity index (χ0v) is 33.0. The van der Waals surface area contributed by atoms with Crippen LogP contribution >= 0.6 is 11.3 Å². The first-order chi connectivity index (χ1) is 26.2. The lowest BCUT2D eigenvalue weighted by atomic mass is 10.1. The number of carbonyl (C=O) groups excluding carboxylic acids is 6. The van der Waals surface area contributed by atoms with Gasteiger partial charge in [0.1, 0.15) is 35.0 Å². The molecule has 0 saturated carbocycles. The Balaban J connectivity index is 1.46. The SMILES string of the molecule is CC(C)(C)OC(=O)Nc1nc(C(=NOC(C)(C)C(=O)OC(C)(C)C)C(=O)NC2CN(C(=O)NS(=O)(=O)n3ncn(NC(=O)c4cc(=O)c(O)c[nH]4)c3=O)C2=O)cs1. The summed E-state index contributed by atoms with van der Waals surface area (Å²) in [5, 5.41) is 22.4. The smallest absolute Gasteiger partial charge is 0.413 e. The average molecular weight is 840 g/mol. The monoisotopic (exact) mass is 839 g/mol. The Morgan fingerprint density at radius 1 is 1.02 bits per heavy atom. The molecule has 0 radical (unpaired) electrons. The maximum Gasteiger partial charge on any atom is 0.413 e. The Morgan fingerprint density at radius 2 is 1.67 bits per heavy atom. The van der Waals surface area contributed by atoms with Gasteiger partial charge in [0.05, 0.1) is 6.54 Å². The van der Waals surface area contributed by atoms with E-state index in [-0.39, 0.29) is 14.9 Å². The van der Waals surface area contributed by atoms with Crippen molar-refractivity contribution >= 4 is 68.2 Å². The fraction of sp³-hybridized carbons (Fsp3) is 0.433. The van der Waals surface area contributed by atoms with Crippen LogP contribution in [0.4, 0.5) is 14.7 Å². The molecule has 0 bridgehead atoms. The highest BCUT2D eigenvalue weighted by Gasteiger charge is 2.44. The van der Waals surface area contributed by atoms with Crippen LogP contribution in [0.25, 0.3) is 0 Å². The van der Waals surface area contributed by atoms with Crippen LogP contribution in [0.2, 0.25) is 0 Å². The number of aromatic hydroxyl groups is 1. The van der Waals surface area contributed by atoms with E-state index in [1.807, 2.05) is 5.43 Å². The summed E-state index contributed by atoms with van der Waals surface area (Å²) in [5.41, 5.74) is -5.20. The molecule has 1 fully saturated rings. The molecule has 1 aliphatic heterocycles. The van der Waals surface area contributed by atoms with E-state index < -0.39 is 104 Å². The van der Waals surface area contributed by atoms with Crippen molar-refractivity contribution in [3.63, 3.8) is 0 Å². The zero-order chi connectivity index (χ0) is 42.8. The normalized spacial score (nSPS) is 14.9. The number of aromatic nitrogens is 5. The molecule has 27 heteroatoms. The number of carbonyl (C=O) groups is 6. The van der Waals surface area contributed by atoms with Crippen molar-refractivity contribution in [1.29, 1.82) is 0 Å². The standard InChI is InChI=1S/C30H37N11O14S2/c1-28(2,3)53-23(47)30(7,8)55-37-19(16-12-56-24(34-16)35-26(49)54-29(4,5)6)21(45)33-15-11-39(22(15)46)25(48)38-57(51,52)41-27(50)40(13-32-41)36-20(44)14-9-17(42)18(43)10-31-14/h9-10,12-13,15,43H,11H2,1-8H3,(H,31,42)(H,33,45)(H,36,44)(H,38,48)(H,34,35,49). The molecule has 1 atom stereocenters. The number of esters is 1. The number of ether oxygens (including phenoxy) is 2. The summed E-state index contributed by atoms with van der Waals surface area (Å²) < 4.78 is 37.8. The number of anilines is 1. The zero-order valence-electron chi connectivity index (χ0n) is 31.3. The number of hydrogen-bond donors (Lipinski definition) is 6. The number of imide groups is 1. The van der Waals surface area contributed by atoms with Crippen LogP contribution in [0.3, 0.4) is 0 Å². The highest BCUT2D eigenvalue weighted by molar-refractivity contribution is 7.88. The Hall–Kier alpha value is -6.64. The van der Waals surface area contributed by atoms with Gasteiger partial charge in [-0.05, 0) is 55.4 Å². The molecule has 0 aromatic carbocycles. The predicted octanol–water partition coefficient (Wildman–Crippen LogP) is -0.703. The highest BCUT2D eigenvalue weighted by atomic mass is 32.2. The second-order valence-corrected chi connectivity index (χ2v) is 16.6. The van der Waals surface area contributed by atoms with E-state index in [1.54, 1.807) is 41.5 Å². The number of likely N-dealkylation sites (tertiary alicyclic amines) is 1. The van der Waals surface area contributed by atoms with Crippen molar-refractivity contribution in [2.45, 2.75) is 78.2 Å². The van der Waals surface area contributed by atoms with E-state index in [0.717, 1.165) is 17.5 Å². The quantitative estimate of drug-likeness (QED) is 0.0602. The maximum atomic E-state index is 13.5. The summed E-state index contributed by atoms with van der Waals surface area (Å²) in [7, 11) is -5.14. The van der Waals surface area contributed by atoms with E-state index in [0.29, 0.717) is 22.0 Å². The van der Waals surface area contributed by atoms with Gasteiger partial charge in [0.2, 0.25) is 11.0 Å². The first-order valence-corrected chi connectivity index (χ1v) is 18.5. The van der Waals surface area contributed by atoms with Crippen LogP contribution in [-0.2, 0) is 38.9 Å². The van der Waals surface area contributed by atoms with E-state index in [2.05, 4.69) is 30.9 Å². The minimum atomic E-state index is -5.14. The van der Waals surface area contributed by atoms with Crippen molar-refractivity contribution in [2.24, 2.45) is 5.16 Å². The number of oxime groups is 1. The lowest BCUT2D eigenvalue weighted by Crippen LogP contribution is -2.68. The third-order valence-corrected chi connectivity index (χ3v) is 8.65. The van der Waals surface area contributed by atoms with E-state index in [9.17, 15) is 51.9 Å². The number of thiazole rings is 1. The molecule has 4 rings (SSSR count). The molecule has 308 valence electrons. The molecule has 1 saturated heterocycles. The molecular formula is C30H37N11O14S2. The number of aromatic amines is 1. The second kappa shape index (κ2) is 15.8. The lowest BCUT2D eigenvalue weighted by Gasteiger charge is -2.36. The van der Waals surface area contributed by atoms with Crippen LogP contribution in [0, 0.1) is 0 Å². The molecule has 0 aliphatic carbocycles. The van der Waals surface area contributed by atoms with Gasteiger partial charge < -0.3 is 29.7 Å². The summed E-state index contributed by atoms with van der Waals surface area (Å²) >= 11 is 0.861. The van der Waals surface area contributed by atoms with Crippen molar-refractivity contribution in [2.75, 3.05) is 17.3 Å². The topological polar surface area (TPSA) is 334 Å². The number of nitrogens with zero attached hydrogens (tertiary/aromatic N) is 6. The minimum absolute atomic E-state index is 0.0325. The maximum absolute atomic E-state index is 13.5. The van der Waals surface area contributed by atoms with Gasteiger partial charge in [-0.3, -0.25) is 34.8 Å². The molecule has 1 unspecified atom stereocenters. The lowest BCUT2D eigenvalue weighted by molar-refractivity contribution is -0.179. The Labute approximate surface area is 325 Å². The molecule has 0 spiro atoms. The summed E-state index contributed by atoms with van der Waals surface area (Å²) in [5.74, 6) is -4.87. The van der Waals surface area contributed by atoms with Gasteiger partial charge in [-0.25, -0.2) is 28.9 Å². The Kier molecular flexibility index (Phi) is 12.0. The molecular weight excluding hydrogens is 803 g/mol. The molecule has 3 aromatic heterocycles. The Bertz CT molecular complexity index is 2380. The van der Waals surface area contributed by atoms with Gasteiger partial charge in [-0.15, -0.1) is 16.4 Å². The first kappa shape index (κ1) is 43.1. The molecule has 6 amide bonds. The third-order valence-electron chi connectivity index (χ3n) is 6.75. The number of rotatable bonds is 11. The van der Waals surface area contributed by atoms with Crippen LogP contribution < -0.4 is 31.9 Å². The van der Waals surface area contributed by atoms with Crippen LogP contribution in [0.5, 0.6) is 5.75 Å². The summed E-state index contributed by atoms with van der Waals surface area (Å²) in [4.78, 5) is 113. The summed E-state index contributed by atoms with van der Waals surface area (Å²) in [6, 6.07) is -2.28. The van der Waals surface area contributed by atoms with Gasteiger partial charge >= 0.3 is 34.0 Å². The average Bonchev–Trinajstić information content (AvgIpc) is 3.68. The van der Waals surface area contributed by atoms with Crippen molar-refractivity contribution in [3.05, 3.63) is 56.1 Å². The number of H-pyrrole nitrogens is 1. The van der Waals surface area contributed by atoms with Crippen molar-refractivity contribution in [1.82, 2.24) is 38.8 Å². The summed E-state index contributed by atoms with van der Waals surface area (Å²) in [6.07, 6.45) is 0.500. The Morgan fingerprint density at radius 3 is 2.26 bits per heavy atom. The van der Waals surface area contributed by atoms with Gasteiger partial charge in [0.15, 0.2) is 16.6 Å². The number of amides is 6. The van der Waals surface area contributed by atoms with E-state index in [4.69, 9.17) is 14.3 Å². The second-order valence-electron chi connectivity index (χ2n) is 14.3. The number of nitrogens with one attached hydrogen (secondary N) is 5. The molecule has 25 nitrogen and oxygen atoms in total. The third kappa shape index (κ3) is 10.8.